The predicted molar refractivity (Wildman–Crippen MR) is 127 cm³/mol. The predicted octanol–water partition coefficient (Wildman–Crippen LogP) is 5.47. The molecule has 0 spiro atoms. The first-order chi connectivity index (χ1) is 16.8. The molecule has 0 aliphatic carbocycles. The molecular formula is C26H29F2NO6. The quantitative estimate of drug-likeness (QED) is 0.233. The molecule has 0 bridgehead atoms. The van der Waals surface area contributed by atoms with Crippen LogP contribution in [0.2, 0.25) is 0 Å². The number of rotatable bonds is 12. The van der Waals surface area contributed by atoms with Crippen LogP contribution in [-0.4, -0.2) is 37.0 Å². The third kappa shape index (κ3) is 9.97. The lowest BCUT2D eigenvalue weighted by Gasteiger charge is -2.19. The van der Waals surface area contributed by atoms with Crippen molar-refractivity contribution in [3.8, 4) is 5.75 Å². The third-order valence-electron chi connectivity index (χ3n) is 4.64. The molecule has 0 unspecified atom stereocenters. The number of hydrogen-bond donors (Lipinski definition) is 2. The topological polar surface area (TPSA) is 94.1 Å². The largest absolute Gasteiger partial charge is 0.491 e. The monoisotopic (exact) mass is 489 g/mol. The number of benzene rings is 2. The maximum Gasteiger partial charge on any atom is 0.412 e. The van der Waals surface area contributed by atoms with Crippen molar-refractivity contribution >= 4 is 17.7 Å². The summed E-state index contributed by atoms with van der Waals surface area (Å²) in [5, 5.41) is 11.2. The zero-order chi connectivity index (χ0) is 25.6. The highest BCUT2D eigenvalue weighted by Gasteiger charge is 2.18. The number of esters is 1. The Morgan fingerprint density at radius 3 is 2.54 bits per heavy atom. The van der Waals surface area contributed by atoms with Gasteiger partial charge in [-0.05, 0) is 62.1 Å². The Balaban J connectivity index is 2.09. The van der Waals surface area contributed by atoms with E-state index in [1.807, 2.05) is 6.08 Å². The van der Waals surface area contributed by atoms with Crippen molar-refractivity contribution in [2.45, 2.75) is 32.8 Å². The lowest BCUT2D eigenvalue weighted by Crippen LogP contribution is -2.18. The van der Waals surface area contributed by atoms with Gasteiger partial charge in [-0.2, -0.15) is 0 Å². The molecule has 9 heteroatoms. The number of anilines is 1. The van der Waals surface area contributed by atoms with Gasteiger partial charge in [0.2, 0.25) is 0 Å². The maximum absolute atomic E-state index is 13.9. The maximum atomic E-state index is 13.9. The van der Waals surface area contributed by atoms with Crippen LogP contribution in [0.1, 0.15) is 38.4 Å². The Kier molecular flexibility index (Phi) is 11.4. The average molecular weight is 490 g/mol. The molecule has 1 amide bonds. The second kappa shape index (κ2) is 14.5. The van der Waals surface area contributed by atoms with E-state index >= 15 is 0 Å². The second-order valence-electron chi connectivity index (χ2n) is 7.40. The Labute approximate surface area is 203 Å². The number of carbonyl (C=O) groups is 2. The summed E-state index contributed by atoms with van der Waals surface area (Å²) in [6, 6.07) is 9.60. The Bertz CT molecular complexity index is 1040. The minimum Gasteiger partial charge on any atom is -0.491 e. The van der Waals surface area contributed by atoms with Gasteiger partial charge in [-0.15, -0.1) is 0 Å². The molecule has 0 saturated heterocycles. The van der Waals surface area contributed by atoms with E-state index < -0.39 is 29.8 Å². The summed E-state index contributed by atoms with van der Waals surface area (Å²) >= 11 is 0. The van der Waals surface area contributed by atoms with Crippen LogP contribution in [0.5, 0.6) is 5.75 Å². The Morgan fingerprint density at radius 2 is 1.89 bits per heavy atom. The zero-order valence-electron chi connectivity index (χ0n) is 19.6. The SMILES string of the molecule is CCOC(=O)/C=C(C)/C=C/CC[C@@H](OC(=O)Nc1ccc(F)cc1F)c1ccc(OCCO)cc1. The molecule has 2 rings (SSSR count). The van der Waals surface area contributed by atoms with E-state index in [1.165, 1.54) is 6.08 Å². The molecule has 2 aromatic carbocycles. The first kappa shape index (κ1) is 27.5. The number of nitrogens with one attached hydrogen (secondary N) is 1. The zero-order valence-corrected chi connectivity index (χ0v) is 19.6. The second-order valence-corrected chi connectivity index (χ2v) is 7.40. The van der Waals surface area contributed by atoms with Gasteiger partial charge in [0.1, 0.15) is 30.1 Å². The number of ether oxygens (including phenoxy) is 3. The first-order valence-electron chi connectivity index (χ1n) is 11.1. The molecule has 0 aliphatic rings. The highest BCUT2D eigenvalue weighted by Crippen LogP contribution is 2.26. The van der Waals surface area contributed by atoms with Crippen LogP contribution in [0.3, 0.4) is 0 Å². The van der Waals surface area contributed by atoms with E-state index in [9.17, 15) is 18.4 Å². The van der Waals surface area contributed by atoms with Crippen molar-refractivity contribution in [3.63, 3.8) is 0 Å². The van der Waals surface area contributed by atoms with Gasteiger partial charge in [0.25, 0.3) is 0 Å². The first-order valence-corrected chi connectivity index (χ1v) is 11.1. The fraction of sp³-hybridized carbons (Fsp3) is 0.308. The molecule has 2 aromatic rings. The number of allylic oxidation sites excluding steroid dienone is 3. The van der Waals surface area contributed by atoms with Gasteiger partial charge in [-0.3, -0.25) is 5.32 Å². The fourth-order valence-electron chi connectivity index (χ4n) is 3.03. The molecule has 7 nitrogen and oxygen atoms in total. The highest BCUT2D eigenvalue weighted by molar-refractivity contribution is 5.85. The van der Waals surface area contributed by atoms with Crippen LogP contribution >= 0.6 is 0 Å². The summed E-state index contributed by atoms with van der Waals surface area (Å²) in [6.07, 6.45) is 4.27. The van der Waals surface area contributed by atoms with Gasteiger partial charge >= 0.3 is 12.1 Å². The Morgan fingerprint density at radius 1 is 1.14 bits per heavy atom. The standard InChI is InChI=1S/C26H29F2NO6/c1-3-33-25(31)16-18(2)6-4-5-7-24(19-8-11-21(12-9-19)34-15-14-30)35-26(32)29-23-13-10-20(27)17-22(23)28/h4,6,8-13,16-17,24,30H,3,5,7,14-15H2,1-2H3,(H,29,32)/b6-4+,18-16+/t24-/m1/s1. The molecule has 188 valence electrons. The summed E-state index contributed by atoms with van der Waals surface area (Å²) in [5.74, 6) is -1.57. The number of halogens is 2. The summed E-state index contributed by atoms with van der Waals surface area (Å²) in [4.78, 5) is 24.0. The number of aliphatic hydroxyl groups is 1. The fourth-order valence-corrected chi connectivity index (χ4v) is 3.03. The molecule has 0 aliphatic heterocycles. The van der Waals surface area contributed by atoms with Crippen molar-refractivity contribution in [1.29, 1.82) is 0 Å². The number of carbonyl (C=O) groups excluding carboxylic acids is 2. The third-order valence-corrected chi connectivity index (χ3v) is 4.64. The normalized spacial score (nSPS) is 12.3. The molecule has 2 N–H and O–H groups in total. The lowest BCUT2D eigenvalue weighted by molar-refractivity contribution is -0.137. The molecular weight excluding hydrogens is 460 g/mol. The van der Waals surface area contributed by atoms with Crippen LogP contribution in [-0.2, 0) is 14.3 Å². The minimum atomic E-state index is -0.921. The van der Waals surface area contributed by atoms with Crippen LogP contribution in [0.15, 0.2) is 66.3 Å². The molecule has 0 radical (unpaired) electrons. The van der Waals surface area contributed by atoms with E-state index in [2.05, 4.69) is 5.32 Å². The van der Waals surface area contributed by atoms with Gasteiger partial charge in [0.05, 0.1) is 18.9 Å². The van der Waals surface area contributed by atoms with E-state index in [1.54, 1.807) is 44.2 Å². The highest BCUT2D eigenvalue weighted by atomic mass is 19.1. The van der Waals surface area contributed by atoms with Gasteiger partial charge in [0.15, 0.2) is 0 Å². The number of aliphatic hydroxyl groups excluding tert-OH is 1. The molecule has 0 aromatic heterocycles. The van der Waals surface area contributed by atoms with Crippen molar-refractivity contribution in [1.82, 2.24) is 0 Å². The van der Waals surface area contributed by atoms with Crippen LogP contribution in [0.25, 0.3) is 0 Å². The van der Waals surface area contributed by atoms with Gasteiger partial charge in [0, 0.05) is 12.1 Å². The number of hydrogen-bond acceptors (Lipinski definition) is 6. The van der Waals surface area contributed by atoms with Gasteiger partial charge in [-0.25, -0.2) is 18.4 Å². The molecule has 0 fully saturated rings. The van der Waals surface area contributed by atoms with E-state index in [0.29, 0.717) is 42.4 Å². The Hall–Kier alpha value is -3.72. The summed E-state index contributed by atoms with van der Waals surface area (Å²) < 4.78 is 42.8. The molecule has 0 heterocycles. The molecule has 0 saturated carbocycles. The summed E-state index contributed by atoms with van der Waals surface area (Å²) in [6.45, 7) is 3.80. The number of amides is 1. The van der Waals surface area contributed by atoms with Crippen molar-refractivity contribution in [3.05, 3.63) is 83.5 Å². The summed E-state index contributed by atoms with van der Waals surface area (Å²) in [7, 11) is 0. The van der Waals surface area contributed by atoms with Crippen LogP contribution < -0.4 is 10.1 Å². The van der Waals surface area contributed by atoms with Gasteiger partial charge in [-0.1, -0.05) is 24.3 Å². The smallest absolute Gasteiger partial charge is 0.412 e. The van der Waals surface area contributed by atoms with Crippen molar-refractivity contribution in [2.75, 3.05) is 25.1 Å². The van der Waals surface area contributed by atoms with Crippen molar-refractivity contribution in [2.24, 2.45) is 0 Å². The van der Waals surface area contributed by atoms with E-state index in [-0.39, 0.29) is 18.9 Å². The minimum absolute atomic E-state index is 0.121. The summed E-state index contributed by atoms with van der Waals surface area (Å²) in [5.41, 5.74) is 1.17. The van der Waals surface area contributed by atoms with Gasteiger partial charge < -0.3 is 19.3 Å². The van der Waals surface area contributed by atoms with E-state index in [4.69, 9.17) is 19.3 Å². The molecule has 35 heavy (non-hydrogen) atoms. The average Bonchev–Trinajstić information content (AvgIpc) is 2.82. The molecule has 1 atom stereocenters. The lowest BCUT2D eigenvalue weighted by atomic mass is 10.0. The van der Waals surface area contributed by atoms with Crippen molar-refractivity contribution < 1.29 is 37.7 Å². The van der Waals surface area contributed by atoms with Crippen LogP contribution in [0, 0.1) is 11.6 Å². The van der Waals surface area contributed by atoms with E-state index in [0.717, 1.165) is 12.1 Å². The van der Waals surface area contributed by atoms with Crippen LogP contribution in [0.4, 0.5) is 19.3 Å².